The van der Waals surface area contributed by atoms with Crippen molar-refractivity contribution in [1.82, 2.24) is 4.90 Å². The number of carbonyl (C=O) groups is 1. The van der Waals surface area contributed by atoms with E-state index >= 15 is 0 Å². The number of hydrogen-bond acceptors (Lipinski definition) is 2. The van der Waals surface area contributed by atoms with Crippen LogP contribution in [0.25, 0.3) is 0 Å². The molecule has 1 aliphatic heterocycles. The standard InChI is InChI=1S/C11H18ClNO2/c12-5-6-15-11(14)13-7-9-3-1-2-4-10(9)8-13/h9-10H,1-8H2. The number of ether oxygens (including phenoxy) is 1. The molecule has 4 heteroatoms. The summed E-state index contributed by atoms with van der Waals surface area (Å²) >= 11 is 5.48. The summed E-state index contributed by atoms with van der Waals surface area (Å²) in [5.74, 6) is 1.83. The lowest BCUT2D eigenvalue weighted by molar-refractivity contribution is 0.114. The van der Waals surface area contributed by atoms with Gasteiger partial charge >= 0.3 is 6.09 Å². The summed E-state index contributed by atoms with van der Waals surface area (Å²) in [5.41, 5.74) is 0. The molecule has 0 aromatic heterocycles. The van der Waals surface area contributed by atoms with Crippen LogP contribution in [0.1, 0.15) is 25.7 Å². The molecule has 1 amide bonds. The second kappa shape index (κ2) is 5.06. The normalized spacial score (nSPS) is 30.1. The SMILES string of the molecule is O=C(OCCCl)N1CC2CCCCC2C1. The van der Waals surface area contributed by atoms with Gasteiger partial charge in [-0.3, -0.25) is 0 Å². The Morgan fingerprint density at radius 3 is 2.40 bits per heavy atom. The fourth-order valence-corrected chi connectivity index (χ4v) is 2.85. The van der Waals surface area contributed by atoms with Crippen molar-refractivity contribution in [2.45, 2.75) is 25.7 Å². The maximum atomic E-state index is 11.6. The summed E-state index contributed by atoms with van der Waals surface area (Å²) in [7, 11) is 0. The largest absolute Gasteiger partial charge is 0.448 e. The molecule has 2 unspecified atom stereocenters. The lowest BCUT2D eigenvalue weighted by atomic mass is 9.82. The van der Waals surface area contributed by atoms with Crippen LogP contribution in [0.15, 0.2) is 0 Å². The molecule has 0 spiro atoms. The summed E-state index contributed by atoms with van der Waals surface area (Å²) in [6, 6.07) is 0. The molecule has 15 heavy (non-hydrogen) atoms. The fourth-order valence-electron chi connectivity index (χ4n) is 2.77. The molecule has 1 saturated carbocycles. The van der Waals surface area contributed by atoms with Gasteiger partial charge in [0.05, 0.1) is 5.88 Å². The first-order valence-corrected chi connectivity index (χ1v) is 6.32. The molecule has 0 radical (unpaired) electrons. The molecule has 0 bridgehead atoms. The molecule has 1 aliphatic carbocycles. The van der Waals surface area contributed by atoms with Crippen LogP contribution in [0, 0.1) is 11.8 Å². The molecule has 2 atom stereocenters. The van der Waals surface area contributed by atoms with Gasteiger partial charge in [-0.2, -0.15) is 0 Å². The van der Waals surface area contributed by atoms with Crippen LogP contribution in [0.5, 0.6) is 0 Å². The van der Waals surface area contributed by atoms with E-state index in [1.165, 1.54) is 25.7 Å². The predicted molar refractivity (Wildman–Crippen MR) is 59.1 cm³/mol. The molecule has 1 saturated heterocycles. The third-order valence-electron chi connectivity index (χ3n) is 3.54. The second-order valence-electron chi connectivity index (χ2n) is 4.51. The number of likely N-dealkylation sites (tertiary alicyclic amines) is 1. The van der Waals surface area contributed by atoms with Crippen molar-refractivity contribution >= 4 is 17.7 Å². The first-order valence-electron chi connectivity index (χ1n) is 5.79. The van der Waals surface area contributed by atoms with Gasteiger partial charge in [0.25, 0.3) is 0 Å². The maximum Gasteiger partial charge on any atom is 0.409 e. The van der Waals surface area contributed by atoms with Crippen LogP contribution in [-0.2, 0) is 4.74 Å². The summed E-state index contributed by atoms with van der Waals surface area (Å²) in [5, 5.41) is 0. The van der Waals surface area contributed by atoms with Gasteiger partial charge in [-0.1, -0.05) is 12.8 Å². The molecule has 2 fully saturated rings. The van der Waals surface area contributed by atoms with Crippen molar-refractivity contribution in [3.8, 4) is 0 Å². The van der Waals surface area contributed by atoms with E-state index in [4.69, 9.17) is 16.3 Å². The number of fused-ring (bicyclic) bond motifs is 1. The summed E-state index contributed by atoms with van der Waals surface area (Å²) in [4.78, 5) is 13.4. The minimum absolute atomic E-state index is 0.176. The summed E-state index contributed by atoms with van der Waals surface area (Å²) in [6.45, 7) is 2.11. The Hall–Kier alpha value is -0.440. The van der Waals surface area contributed by atoms with E-state index in [0.29, 0.717) is 12.5 Å². The van der Waals surface area contributed by atoms with E-state index in [2.05, 4.69) is 0 Å². The van der Waals surface area contributed by atoms with Crippen molar-refractivity contribution in [2.75, 3.05) is 25.6 Å². The Labute approximate surface area is 95.7 Å². The number of hydrogen-bond donors (Lipinski definition) is 0. The van der Waals surface area contributed by atoms with Crippen molar-refractivity contribution in [1.29, 1.82) is 0 Å². The molecule has 1 heterocycles. The monoisotopic (exact) mass is 231 g/mol. The zero-order chi connectivity index (χ0) is 10.7. The Balaban J connectivity index is 1.82. The molecular weight excluding hydrogens is 214 g/mol. The van der Waals surface area contributed by atoms with Gasteiger partial charge in [-0.25, -0.2) is 4.79 Å². The molecule has 2 aliphatic rings. The van der Waals surface area contributed by atoms with Gasteiger partial charge < -0.3 is 9.64 Å². The Morgan fingerprint density at radius 2 is 1.87 bits per heavy atom. The number of halogens is 1. The van der Waals surface area contributed by atoms with E-state index in [1.807, 2.05) is 4.90 Å². The van der Waals surface area contributed by atoms with Gasteiger partial charge in [0.15, 0.2) is 0 Å². The smallest absolute Gasteiger partial charge is 0.409 e. The van der Waals surface area contributed by atoms with Crippen molar-refractivity contribution in [2.24, 2.45) is 11.8 Å². The summed E-state index contributed by atoms with van der Waals surface area (Å²) in [6.07, 6.45) is 5.04. The van der Waals surface area contributed by atoms with Crippen LogP contribution in [0.4, 0.5) is 4.79 Å². The van der Waals surface area contributed by atoms with Gasteiger partial charge in [0.2, 0.25) is 0 Å². The number of rotatable bonds is 2. The second-order valence-corrected chi connectivity index (χ2v) is 4.89. The van der Waals surface area contributed by atoms with Crippen LogP contribution < -0.4 is 0 Å². The first-order chi connectivity index (χ1) is 7.31. The third-order valence-corrected chi connectivity index (χ3v) is 3.69. The minimum atomic E-state index is -0.176. The van der Waals surface area contributed by atoms with E-state index in [1.54, 1.807) is 0 Å². The third kappa shape index (κ3) is 2.57. The predicted octanol–water partition coefficient (Wildman–Crippen LogP) is 2.48. The molecule has 86 valence electrons. The molecule has 3 nitrogen and oxygen atoms in total. The van der Waals surface area contributed by atoms with Gasteiger partial charge in [0, 0.05) is 13.1 Å². The van der Waals surface area contributed by atoms with E-state index < -0.39 is 0 Å². The molecule has 0 aromatic carbocycles. The fraction of sp³-hybridized carbons (Fsp3) is 0.909. The minimum Gasteiger partial charge on any atom is -0.448 e. The van der Waals surface area contributed by atoms with E-state index in [9.17, 15) is 4.79 Å². The van der Waals surface area contributed by atoms with E-state index in [-0.39, 0.29) is 6.09 Å². The number of amides is 1. The Bertz CT molecular complexity index is 221. The average molecular weight is 232 g/mol. The Morgan fingerprint density at radius 1 is 1.27 bits per heavy atom. The highest BCUT2D eigenvalue weighted by Gasteiger charge is 2.36. The highest BCUT2D eigenvalue weighted by atomic mass is 35.5. The molecule has 0 aromatic rings. The van der Waals surface area contributed by atoms with Crippen molar-refractivity contribution in [3.05, 3.63) is 0 Å². The van der Waals surface area contributed by atoms with Crippen LogP contribution in [0.3, 0.4) is 0 Å². The van der Waals surface area contributed by atoms with Crippen LogP contribution >= 0.6 is 11.6 Å². The first kappa shape index (κ1) is 11.1. The molecular formula is C11H18ClNO2. The lowest BCUT2D eigenvalue weighted by Gasteiger charge is -2.22. The highest BCUT2D eigenvalue weighted by Crippen LogP contribution is 2.36. The van der Waals surface area contributed by atoms with Crippen molar-refractivity contribution < 1.29 is 9.53 Å². The number of alkyl halides is 1. The quantitative estimate of drug-likeness (QED) is 0.684. The number of carbonyl (C=O) groups excluding carboxylic acids is 1. The summed E-state index contributed by atoms with van der Waals surface area (Å²) < 4.78 is 5.04. The van der Waals surface area contributed by atoms with Gasteiger partial charge in [0.1, 0.15) is 6.61 Å². The lowest BCUT2D eigenvalue weighted by Crippen LogP contribution is -2.30. The van der Waals surface area contributed by atoms with Gasteiger partial charge in [-0.15, -0.1) is 11.6 Å². The zero-order valence-corrected chi connectivity index (χ0v) is 9.71. The Kier molecular flexibility index (Phi) is 3.73. The molecule has 0 N–H and O–H groups in total. The van der Waals surface area contributed by atoms with Crippen molar-refractivity contribution in [3.63, 3.8) is 0 Å². The van der Waals surface area contributed by atoms with E-state index in [0.717, 1.165) is 24.9 Å². The van der Waals surface area contributed by atoms with Gasteiger partial charge in [-0.05, 0) is 24.7 Å². The zero-order valence-electron chi connectivity index (χ0n) is 8.95. The topological polar surface area (TPSA) is 29.5 Å². The van der Waals surface area contributed by atoms with Crippen LogP contribution in [-0.4, -0.2) is 36.6 Å². The highest BCUT2D eigenvalue weighted by molar-refractivity contribution is 6.18. The number of nitrogens with zero attached hydrogens (tertiary/aromatic N) is 1. The maximum absolute atomic E-state index is 11.6. The van der Waals surface area contributed by atoms with Crippen LogP contribution in [0.2, 0.25) is 0 Å². The molecule has 2 rings (SSSR count). The average Bonchev–Trinajstić information content (AvgIpc) is 2.69.